The smallest absolute Gasteiger partial charge is 0.132 e. The molecule has 86 valence electrons. The Bertz CT molecular complexity index is 274. The fourth-order valence-electron chi connectivity index (χ4n) is 1.82. The Hall–Kier alpha value is -0.760. The first-order chi connectivity index (χ1) is 7.21. The zero-order valence-electron chi connectivity index (χ0n) is 9.99. The molecule has 0 radical (unpaired) electrons. The second kappa shape index (κ2) is 5.96. The fourth-order valence-corrected chi connectivity index (χ4v) is 1.82. The quantitative estimate of drug-likeness (QED) is 0.776. The van der Waals surface area contributed by atoms with Gasteiger partial charge in [0.05, 0.1) is 0 Å². The molecule has 1 aromatic heterocycles. The monoisotopic (exact) mass is 210 g/mol. The maximum atomic E-state index is 9.97. The SMILES string of the molecule is CCc1ccc(C(O)CC(CC)CC)o1. The molecule has 1 aromatic rings. The van der Waals surface area contributed by atoms with Crippen LogP contribution in [0.3, 0.4) is 0 Å². The van der Waals surface area contributed by atoms with E-state index < -0.39 is 6.10 Å². The van der Waals surface area contributed by atoms with Crippen LogP contribution in [0.4, 0.5) is 0 Å². The Balaban J connectivity index is 2.55. The Morgan fingerprint density at radius 1 is 1.20 bits per heavy atom. The predicted molar refractivity (Wildman–Crippen MR) is 61.7 cm³/mol. The molecule has 0 saturated heterocycles. The summed E-state index contributed by atoms with van der Waals surface area (Å²) in [6.45, 7) is 6.39. The Labute approximate surface area is 92.3 Å². The van der Waals surface area contributed by atoms with Crippen molar-refractivity contribution in [3.05, 3.63) is 23.7 Å². The number of hydrogen-bond donors (Lipinski definition) is 1. The normalized spacial score (nSPS) is 13.4. The molecule has 0 fully saturated rings. The van der Waals surface area contributed by atoms with Crippen LogP contribution in [0.2, 0.25) is 0 Å². The molecule has 0 aromatic carbocycles. The molecule has 1 N–H and O–H groups in total. The number of aliphatic hydroxyl groups is 1. The molecule has 1 rings (SSSR count). The minimum Gasteiger partial charge on any atom is -0.463 e. The van der Waals surface area contributed by atoms with Crippen molar-refractivity contribution in [3.63, 3.8) is 0 Å². The molecule has 2 heteroatoms. The van der Waals surface area contributed by atoms with E-state index in [-0.39, 0.29) is 0 Å². The van der Waals surface area contributed by atoms with E-state index in [2.05, 4.69) is 20.8 Å². The van der Waals surface area contributed by atoms with E-state index >= 15 is 0 Å². The van der Waals surface area contributed by atoms with Gasteiger partial charge in [-0.3, -0.25) is 0 Å². The molecule has 1 heterocycles. The van der Waals surface area contributed by atoms with Crippen LogP contribution in [0.5, 0.6) is 0 Å². The van der Waals surface area contributed by atoms with Gasteiger partial charge in [-0.05, 0) is 24.5 Å². The van der Waals surface area contributed by atoms with Crippen LogP contribution < -0.4 is 0 Å². The fraction of sp³-hybridized carbons (Fsp3) is 0.692. The molecular formula is C13H22O2. The van der Waals surface area contributed by atoms with E-state index in [0.29, 0.717) is 5.92 Å². The predicted octanol–water partition coefficient (Wildman–Crippen LogP) is 3.70. The van der Waals surface area contributed by atoms with Crippen LogP contribution >= 0.6 is 0 Å². The van der Waals surface area contributed by atoms with Gasteiger partial charge in [-0.2, -0.15) is 0 Å². The van der Waals surface area contributed by atoms with E-state index in [4.69, 9.17) is 4.42 Å². The number of furan rings is 1. The topological polar surface area (TPSA) is 33.4 Å². The Kier molecular flexibility index (Phi) is 4.89. The average Bonchev–Trinajstić information content (AvgIpc) is 2.74. The number of hydrogen-bond acceptors (Lipinski definition) is 2. The maximum Gasteiger partial charge on any atom is 0.132 e. The van der Waals surface area contributed by atoms with Crippen LogP contribution in [-0.2, 0) is 6.42 Å². The zero-order chi connectivity index (χ0) is 11.3. The maximum absolute atomic E-state index is 9.97. The highest BCUT2D eigenvalue weighted by molar-refractivity contribution is 5.09. The van der Waals surface area contributed by atoms with Crippen LogP contribution in [0.25, 0.3) is 0 Å². The largest absolute Gasteiger partial charge is 0.463 e. The van der Waals surface area contributed by atoms with Crippen molar-refractivity contribution in [2.75, 3.05) is 0 Å². The van der Waals surface area contributed by atoms with Crippen LogP contribution in [0.15, 0.2) is 16.5 Å². The summed E-state index contributed by atoms with van der Waals surface area (Å²) in [5.41, 5.74) is 0. The third-order valence-electron chi connectivity index (χ3n) is 3.07. The van der Waals surface area contributed by atoms with Gasteiger partial charge in [0.2, 0.25) is 0 Å². The molecule has 1 atom stereocenters. The first-order valence-electron chi connectivity index (χ1n) is 5.97. The molecule has 2 nitrogen and oxygen atoms in total. The second-order valence-electron chi connectivity index (χ2n) is 4.09. The minimum absolute atomic E-state index is 0.435. The van der Waals surface area contributed by atoms with Gasteiger partial charge in [0, 0.05) is 6.42 Å². The number of aliphatic hydroxyl groups excluding tert-OH is 1. The Morgan fingerprint density at radius 3 is 2.33 bits per heavy atom. The lowest BCUT2D eigenvalue weighted by Gasteiger charge is -2.15. The van der Waals surface area contributed by atoms with E-state index in [0.717, 1.165) is 37.2 Å². The summed E-state index contributed by atoms with van der Waals surface area (Å²) in [6.07, 6.45) is 3.50. The van der Waals surface area contributed by atoms with E-state index in [9.17, 15) is 5.11 Å². The molecule has 0 aliphatic rings. The Morgan fingerprint density at radius 2 is 1.87 bits per heavy atom. The molecule has 0 saturated carbocycles. The summed E-state index contributed by atoms with van der Waals surface area (Å²) < 4.78 is 5.53. The van der Waals surface area contributed by atoms with Gasteiger partial charge in [0.15, 0.2) is 0 Å². The first kappa shape index (κ1) is 12.3. The summed E-state index contributed by atoms with van der Waals surface area (Å²) in [4.78, 5) is 0. The zero-order valence-corrected chi connectivity index (χ0v) is 9.99. The van der Waals surface area contributed by atoms with Crippen LogP contribution in [0, 0.1) is 5.92 Å². The van der Waals surface area contributed by atoms with Crippen molar-refractivity contribution in [2.24, 2.45) is 5.92 Å². The first-order valence-corrected chi connectivity index (χ1v) is 5.97. The van der Waals surface area contributed by atoms with Crippen molar-refractivity contribution in [1.29, 1.82) is 0 Å². The van der Waals surface area contributed by atoms with Gasteiger partial charge in [-0.25, -0.2) is 0 Å². The van der Waals surface area contributed by atoms with E-state index in [1.807, 2.05) is 12.1 Å². The van der Waals surface area contributed by atoms with Crippen molar-refractivity contribution >= 4 is 0 Å². The van der Waals surface area contributed by atoms with Gasteiger partial charge >= 0.3 is 0 Å². The summed E-state index contributed by atoms with van der Waals surface area (Å²) in [5.74, 6) is 2.27. The third kappa shape index (κ3) is 3.38. The van der Waals surface area contributed by atoms with Crippen LogP contribution in [0.1, 0.15) is 57.7 Å². The van der Waals surface area contributed by atoms with E-state index in [1.165, 1.54) is 0 Å². The van der Waals surface area contributed by atoms with Crippen LogP contribution in [-0.4, -0.2) is 5.11 Å². The molecule has 0 amide bonds. The number of rotatable bonds is 6. The average molecular weight is 210 g/mol. The lowest BCUT2D eigenvalue weighted by molar-refractivity contribution is 0.116. The van der Waals surface area contributed by atoms with Gasteiger partial charge in [-0.1, -0.05) is 33.6 Å². The summed E-state index contributed by atoms with van der Waals surface area (Å²) in [6, 6.07) is 3.84. The van der Waals surface area contributed by atoms with Gasteiger partial charge < -0.3 is 9.52 Å². The summed E-state index contributed by atoms with van der Waals surface area (Å²) in [5, 5.41) is 9.97. The highest BCUT2D eigenvalue weighted by Gasteiger charge is 2.16. The highest BCUT2D eigenvalue weighted by Crippen LogP contribution is 2.26. The van der Waals surface area contributed by atoms with Crippen molar-refractivity contribution in [3.8, 4) is 0 Å². The third-order valence-corrected chi connectivity index (χ3v) is 3.07. The highest BCUT2D eigenvalue weighted by atomic mass is 16.4. The lowest BCUT2D eigenvalue weighted by atomic mass is 9.95. The standard InChI is InChI=1S/C13H22O2/c1-4-10(5-2)9-12(14)13-8-7-11(6-3)15-13/h7-8,10,12,14H,4-6,9H2,1-3H3. The van der Waals surface area contributed by atoms with Crippen molar-refractivity contribution in [2.45, 2.75) is 52.6 Å². The molecule has 0 aliphatic heterocycles. The minimum atomic E-state index is -0.435. The molecule has 0 bridgehead atoms. The van der Waals surface area contributed by atoms with Crippen molar-refractivity contribution in [1.82, 2.24) is 0 Å². The summed E-state index contributed by atoms with van der Waals surface area (Å²) >= 11 is 0. The molecule has 0 spiro atoms. The molecule has 1 unspecified atom stereocenters. The van der Waals surface area contributed by atoms with Gasteiger partial charge in [-0.15, -0.1) is 0 Å². The molecule has 15 heavy (non-hydrogen) atoms. The van der Waals surface area contributed by atoms with Gasteiger partial charge in [0.1, 0.15) is 17.6 Å². The summed E-state index contributed by atoms with van der Waals surface area (Å²) in [7, 11) is 0. The second-order valence-corrected chi connectivity index (χ2v) is 4.09. The molecule has 0 aliphatic carbocycles. The van der Waals surface area contributed by atoms with Crippen molar-refractivity contribution < 1.29 is 9.52 Å². The van der Waals surface area contributed by atoms with Gasteiger partial charge in [0.25, 0.3) is 0 Å². The number of aryl methyl sites for hydroxylation is 1. The molecular weight excluding hydrogens is 188 g/mol. The van der Waals surface area contributed by atoms with E-state index in [1.54, 1.807) is 0 Å². The lowest BCUT2D eigenvalue weighted by Crippen LogP contribution is -2.05.